The first-order chi connectivity index (χ1) is 24.3. The molecule has 0 saturated heterocycles. The van der Waals surface area contributed by atoms with Gasteiger partial charge in [0.15, 0.2) is 23.0 Å². The molecular formula is C38H40O11S. The third-order valence-corrected chi connectivity index (χ3v) is 7.51. The number of rotatable bonds is 21. The number of hydrogen-bond donors (Lipinski definition) is 0. The van der Waals surface area contributed by atoms with E-state index in [1.165, 1.54) is 26.4 Å². The van der Waals surface area contributed by atoms with Crippen LogP contribution in [0.4, 0.5) is 0 Å². The maximum atomic E-state index is 12.8. The molecule has 0 spiro atoms. The van der Waals surface area contributed by atoms with Gasteiger partial charge in [0.1, 0.15) is 5.75 Å². The van der Waals surface area contributed by atoms with Crippen molar-refractivity contribution in [3.63, 3.8) is 0 Å². The fourth-order valence-electron chi connectivity index (χ4n) is 4.11. The zero-order valence-electron chi connectivity index (χ0n) is 28.1. The van der Waals surface area contributed by atoms with Crippen LogP contribution in [0.15, 0.2) is 96.9 Å². The van der Waals surface area contributed by atoms with E-state index in [1.807, 2.05) is 6.07 Å². The van der Waals surface area contributed by atoms with Crippen LogP contribution in [-0.4, -0.2) is 63.7 Å². The number of benzene rings is 3. The third-order valence-electron chi connectivity index (χ3n) is 6.67. The first-order valence-electron chi connectivity index (χ1n) is 15.7. The molecule has 0 N–H and O–H groups in total. The Hall–Kier alpha value is -5.49. The van der Waals surface area contributed by atoms with Crippen molar-refractivity contribution in [3.8, 4) is 28.7 Å². The van der Waals surface area contributed by atoms with Crippen molar-refractivity contribution >= 4 is 40.9 Å². The van der Waals surface area contributed by atoms with E-state index in [1.54, 1.807) is 54.6 Å². The van der Waals surface area contributed by atoms with Gasteiger partial charge >= 0.3 is 17.9 Å². The van der Waals surface area contributed by atoms with Crippen molar-refractivity contribution in [2.45, 2.75) is 30.6 Å². The van der Waals surface area contributed by atoms with Crippen LogP contribution in [0.25, 0.3) is 6.08 Å². The summed E-state index contributed by atoms with van der Waals surface area (Å²) >= 11 is 1.02. The van der Waals surface area contributed by atoms with Crippen LogP contribution in [-0.2, 0) is 23.9 Å². The Labute approximate surface area is 295 Å². The summed E-state index contributed by atoms with van der Waals surface area (Å²) in [5, 5.41) is -0.197. The molecule has 0 aliphatic heterocycles. The molecule has 12 heteroatoms. The molecule has 0 saturated carbocycles. The lowest BCUT2D eigenvalue weighted by molar-refractivity contribution is -0.138. The predicted octanol–water partition coefficient (Wildman–Crippen LogP) is 7.03. The Morgan fingerprint density at radius 1 is 0.660 bits per heavy atom. The van der Waals surface area contributed by atoms with Crippen LogP contribution in [0.1, 0.15) is 41.6 Å². The van der Waals surface area contributed by atoms with Gasteiger partial charge in [-0.3, -0.25) is 4.79 Å². The Kier molecular flexibility index (Phi) is 16.7. The maximum absolute atomic E-state index is 12.8. The molecule has 264 valence electrons. The average molecular weight is 705 g/mol. The smallest absolute Gasteiger partial charge is 0.343 e. The van der Waals surface area contributed by atoms with Crippen molar-refractivity contribution in [2.75, 3.05) is 40.6 Å². The number of ether oxygens (including phenoxy) is 7. The topological polar surface area (TPSA) is 133 Å². The van der Waals surface area contributed by atoms with E-state index in [2.05, 4.69) is 13.2 Å². The minimum Gasteiger partial charge on any atom is -0.493 e. The number of unbranched alkanes of at least 4 members (excludes halogenated alkanes) is 2. The summed E-state index contributed by atoms with van der Waals surface area (Å²) in [4.78, 5) is 48.3. The maximum Gasteiger partial charge on any atom is 0.343 e. The van der Waals surface area contributed by atoms with E-state index in [4.69, 9.17) is 33.2 Å². The van der Waals surface area contributed by atoms with Gasteiger partial charge in [-0.1, -0.05) is 25.3 Å². The molecule has 0 radical (unpaired) electrons. The van der Waals surface area contributed by atoms with Gasteiger partial charge in [-0.25, -0.2) is 14.4 Å². The molecule has 0 fully saturated rings. The summed E-state index contributed by atoms with van der Waals surface area (Å²) in [5.41, 5.74) is 1.02. The summed E-state index contributed by atoms with van der Waals surface area (Å²) in [6.45, 7) is 8.06. The molecule has 0 unspecified atom stereocenters. The van der Waals surface area contributed by atoms with Crippen LogP contribution in [0.2, 0.25) is 0 Å². The van der Waals surface area contributed by atoms with Crippen LogP contribution >= 0.6 is 11.8 Å². The first kappa shape index (κ1) is 39.0. The van der Waals surface area contributed by atoms with Gasteiger partial charge < -0.3 is 33.2 Å². The van der Waals surface area contributed by atoms with Crippen LogP contribution in [0, 0.1) is 0 Å². The quantitative estimate of drug-likeness (QED) is 0.0371. The minimum atomic E-state index is -0.586. The Morgan fingerprint density at radius 2 is 1.20 bits per heavy atom. The zero-order valence-corrected chi connectivity index (χ0v) is 28.9. The van der Waals surface area contributed by atoms with E-state index in [0.29, 0.717) is 79.1 Å². The molecule has 0 heterocycles. The largest absolute Gasteiger partial charge is 0.493 e. The van der Waals surface area contributed by atoms with Crippen LogP contribution in [0.5, 0.6) is 28.7 Å². The van der Waals surface area contributed by atoms with E-state index >= 15 is 0 Å². The molecule has 0 amide bonds. The second-order valence-electron chi connectivity index (χ2n) is 10.2. The molecule has 0 bridgehead atoms. The van der Waals surface area contributed by atoms with Crippen LogP contribution < -0.4 is 23.7 Å². The highest BCUT2D eigenvalue weighted by Gasteiger charge is 2.14. The van der Waals surface area contributed by atoms with E-state index < -0.39 is 17.9 Å². The molecule has 11 nitrogen and oxygen atoms in total. The molecule has 0 aliphatic rings. The molecule has 3 rings (SSSR count). The van der Waals surface area contributed by atoms with Gasteiger partial charge in [0.2, 0.25) is 5.12 Å². The third kappa shape index (κ3) is 13.6. The normalized spacial score (nSPS) is 10.5. The standard InChI is InChI=1S/C38H40O11S/c1-5-35(39)47-23-9-7-21-45-31-18-11-27(25-33(31)43-3)12-20-37(41)50-30-16-14-29(15-17-30)49-38(42)28-13-19-32(34(26-28)44-4)46-22-8-10-24-48-36(40)6-2/h5-6,11-20,25-26H,1-2,7-10,21-24H2,3-4H3. The molecule has 3 aromatic rings. The van der Waals surface area contributed by atoms with Crippen molar-refractivity contribution in [1.29, 1.82) is 0 Å². The number of esters is 3. The lowest BCUT2D eigenvalue weighted by atomic mass is 10.2. The summed E-state index contributed by atoms with van der Waals surface area (Å²) in [6, 6.07) is 16.7. The van der Waals surface area contributed by atoms with E-state index in [0.717, 1.165) is 29.5 Å². The predicted molar refractivity (Wildman–Crippen MR) is 189 cm³/mol. The molecule has 0 aromatic heterocycles. The second-order valence-corrected chi connectivity index (χ2v) is 11.3. The number of carbonyl (C=O) groups is 4. The first-order valence-corrected chi connectivity index (χ1v) is 16.5. The van der Waals surface area contributed by atoms with Gasteiger partial charge in [-0.15, -0.1) is 0 Å². The Morgan fingerprint density at radius 3 is 1.76 bits per heavy atom. The minimum absolute atomic E-state index is 0.197. The van der Waals surface area contributed by atoms with Gasteiger partial charge in [0.25, 0.3) is 0 Å². The lowest BCUT2D eigenvalue weighted by Gasteiger charge is -2.12. The Bertz CT molecular complexity index is 1650. The molecule has 3 aromatic carbocycles. The summed E-state index contributed by atoms with van der Waals surface area (Å²) in [6.07, 6.45) is 7.99. The highest BCUT2D eigenvalue weighted by Crippen LogP contribution is 2.31. The van der Waals surface area contributed by atoms with Crippen molar-refractivity contribution in [3.05, 3.63) is 103 Å². The Balaban J connectivity index is 1.46. The summed E-state index contributed by atoms with van der Waals surface area (Å²) in [7, 11) is 3.01. The van der Waals surface area contributed by atoms with Crippen molar-refractivity contribution in [2.24, 2.45) is 0 Å². The average Bonchev–Trinajstić information content (AvgIpc) is 3.14. The van der Waals surface area contributed by atoms with Crippen molar-refractivity contribution < 1.29 is 52.3 Å². The van der Waals surface area contributed by atoms with Gasteiger partial charge in [-0.2, -0.15) is 0 Å². The van der Waals surface area contributed by atoms with E-state index in [-0.39, 0.29) is 17.3 Å². The highest BCUT2D eigenvalue weighted by atomic mass is 32.2. The fraction of sp³-hybridized carbons (Fsp3) is 0.263. The van der Waals surface area contributed by atoms with Gasteiger partial charge in [0, 0.05) is 17.0 Å². The number of thioether (sulfide) groups is 1. The summed E-state index contributed by atoms with van der Waals surface area (Å²) in [5.74, 6) is 0.732. The fourth-order valence-corrected chi connectivity index (χ4v) is 4.75. The number of methoxy groups -OCH3 is 2. The van der Waals surface area contributed by atoms with Gasteiger partial charge in [0.05, 0.1) is 46.2 Å². The highest BCUT2D eigenvalue weighted by molar-refractivity contribution is 8.14. The number of hydrogen-bond acceptors (Lipinski definition) is 12. The van der Waals surface area contributed by atoms with Gasteiger partial charge in [-0.05, 0) is 104 Å². The molecular weight excluding hydrogens is 664 g/mol. The monoisotopic (exact) mass is 704 g/mol. The van der Waals surface area contributed by atoms with Crippen molar-refractivity contribution in [1.82, 2.24) is 0 Å². The van der Waals surface area contributed by atoms with E-state index in [9.17, 15) is 19.2 Å². The zero-order chi connectivity index (χ0) is 36.1. The van der Waals surface area contributed by atoms with Crippen LogP contribution in [0.3, 0.4) is 0 Å². The SMILES string of the molecule is C=CC(=O)OCCCCOc1ccc(C=CC(=O)Sc2ccc(OC(=O)c3ccc(OCCCCOC(=O)C=C)c(OC)c3)cc2)cc1OC. The number of carbonyl (C=O) groups excluding carboxylic acids is 4. The summed E-state index contributed by atoms with van der Waals surface area (Å²) < 4.78 is 37.8. The lowest BCUT2D eigenvalue weighted by Crippen LogP contribution is -2.09. The molecule has 0 aliphatic carbocycles. The molecule has 50 heavy (non-hydrogen) atoms. The second kappa shape index (κ2) is 21.5. The molecule has 0 atom stereocenters.